The van der Waals surface area contributed by atoms with Gasteiger partial charge in [0, 0.05) is 44.9 Å². The molecule has 1 rings (SSSR count). The Kier molecular flexibility index (Phi) is 14.1. The van der Waals surface area contributed by atoms with Gasteiger partial charge in [-0.15, -0.1) is 24.0 Å². The molecule has 9 heteroatoms. The molecule has 0 aromatic heterocycles. The number of ether oxygens (including phenoxy) is 2. The van der Waals surface area contributed by atoms with Crippen LogP contribution in [0, 0.1) is 5.92 Å². The normalized spacial score (nSPS) is 17.5. The zero-order chi connectivity index (χ0) is 23.7. The molecule has 0 aromatic rings. The number of rotatable bonds is 9. The number of amides is 1. The molecule has 1 aliphatic heterocycles. The van der Waals surface area contributed by atoms with Crippen molar-refractivity contribution in [3.63, 3.8) is 0 Å². The van der Waals surface area contributed by atoms with Gasteiger partial charge in [0.25, 0.3) is 0 Å². The number of nitrogens with one attached hydrogen (secondary N) is 2. The van der Waals surface area contributed by atoms with Crippen molar-refractivity contribution in [2.45, 2.75) is 78.0 Å². The number of hydrogen-bond donors (Lipinski definition) is 2. The summed E-state index contributed by atoms with van der Waals surface area (Å²) in [6.45, 7) is 15.8. The number of aliphatic imine (C=N–C) groups is 1. The van der Waals surface area contributed by atoms with Crippen molar-refractivity contribution in [2.75, 3.05) is 54.0 Å². The molecule has 1 unspecified atom stereocenters. The summed E-state index contributed by atoms with van der Waals surface area (Å²) in [5.74, 6) is 1.20. The molecule has 0 saturated carbocycles. The number of hydrogen-bond acceptors (Lipinski definition) is 5. The lowest BCUT2D eigenvalue weighted by atomic mass is 9.89. The summed E-state index contributed by atoms with van der Waals surface area (Å²) in [6.07, 6.45) is 2.43. The van der Waals surface area contributed by atoms with Crippen LogP contribution in [0.3, 0.4) is 0 Å². The van der Waals surface area contributed by atoms with Gasteiger partial charge in [-0.1, -0.05) is 13.8 Å². The van der Waals surface area contributed by atoms with Crippen molar-refractivity contribution in [2.24, 2.45) is 10.9 Å². The summed E-state index contributed by atoms with van der Waals surface area (Å²) in [5, 5.41) is 6.45. The summed E-state index contributed by atoms with van der Waals surface area (Å²) in [7, 11) is 6.32. The monoisotopic (exact) mass is 569 g/mol. The van der Waals surface area contributed by atoms with Crippen molar-refractivity contribution < 1.29 is 14.3 Å². The molecule has 1 atom stereocenters. The van der Waals surface area contributed by atoms with Gasteiger partial charge < -0.3 is 29.9 Å². The van der Waals surface area contributed by atoms with E-state index >= 15 is 0 Å². The first-order valence-corrected chi connectivity index (χ1v) is 11.6. The van der Waals surface area contributed by atoms with Crippen LogP contribution >= 0.6 is 24.0 Å². The van der Waals surface area contributed by atoms with E-state index in [-0.39, 0.29) is 41.7 Å². The Bertz CT molecular complexity index is 572. The predicted octanol–water partition coefficient (Wildman–Crippen LogP) is 3.55. The average Bonchev–Trinajstić information content (AvgIpc) is 2.67. The molecule has 1 heterocycles. The van der Waals surface area contributed by atoms with E-state index in [2.05, 4.69) is 62.3 Å². The lowest BCUT2D eigenvalue weighted by molar-refractivity contribution is -0.00263. The van der Waals surface area contributed by atoms with Crippen molar-refractivity contribution in [1.82, 2.24) is 20.4 Å². The molecule has 8 nitrogen and oxygen atoms in total. The molecule has 0 aromatic carbocycles. The van der Waals surface area contributed by atoms with Crippen LogP contribution in [0.25, 0.3) is 0 Å². The number of alkyl carbamates (subject to hydrolysis) is 1. The highest BCUT2D eigenvalue weighted by Crippen LogP contribution is 2.26. The highest BCUT2D eigenvalue weighted by molar-refractivity contribution is 14.0. The lowest BCUT2D eigenvalue weighted by Crippen LogP contribution is -2.52. The lowest BCUT2D eigenvalue weighted by Gasteiger charge is -2.42. The van der Waals surface area contributed by atoms with Gasteiger partial charge in [-0.2, -0.15) is 0 Å². The fourth-order valence-electron chi connectivity index (χ4n) is 3.66. The number of halogens is 1. The van der Waals surface area contributed by atoms with E-state index in [4.69, 9.17) is 14.5 Å². The molecule has 0 aliphatic carbocycles. The second-order valence-electron chi connectivity index (χ2n) is 10.1. The first-order valence-electron chi connectivity index (χ1n) is 11.6. The van der Waals surface area contributed by atoms with Gasteiger partial charge in [-0.25, -0.2) is 4.79 Å². The Hall–Kier alpha value is -0.810. The SMILES string of the molecule is CCNC(=NCC1(N(C)C)CCOCC1)N(C)CCC(NC(=O)OC(C)(C)C)C(C)C.I. The fourth-order valence-corrected chi connectivity index (χ4v) is 3.66. The van der Waals surface area contributed by atoms with Crippen LogP contribution in [0.15, 0.2) is 4.99 Å². The minimum absolute atomic E-state index is 0. The zero-order valence-corrected chi connectivity index (χ0v) is 24.1. The predicted molar refractivity (Wildman–Crippen MR) is 143 cm³/mol. The van der Waals surface area contributed by atoms with Gasteiger partial charge in [0.05, 0.1) is 6.54 Å². The Morgan fingerprint density at radius 1 is 1.19 bits per heavy atom. The van der Waals surface area contributed by atoms with E-state index < -0.39 is 5.60 Å². The second-order valence-corrected chi connectivity index (χ2v) is 10.1. The number of carbonyl (C=O) groups is 1. The molecule has 0 spiro atoms. The summed E-state index contributed by atoms with van der Waals surface area (Å²) in [5.41, 5.74) is -0.460. The Labute approximate surface area is 213 Å². The first kappa shape index (κ1) is 31.2. The minimum atomic E-state index is -0.500. The van der Waals surface area contributed by atoms with Crippen LogP contribution in [0.4, 0.5) is 4.79 Å². The van der Waals surface area contributed by atoms with Gasteiger partial charge in [-0.3, -0.25) is 4.99 Å². The van der Waals surface area contributed by atoms with Gasteiger partial charge in [0.15, 0.2) is 5.96 Å². The molecular formula is C23H48IN5O3. The maximum absolute atomic E-state index is 12.2. The van der Waals surface area contributed by atoms with Crippen LogP contribution in [-0.2, 0) is 9.47 Å². The van der Waals surface area contributed by atoms with Crippen molar-refractivity contribution in [1.29, 1.82) is 0 Å². The van der Waals surface area contributed by atoms with Crippen LogP contribution in [0.2, 0.25) is 0 Å². The van der Waals surface area contributed by atoms with Gasteiger partial charge in [0.2, 0.25) is 0 Å². The molecule has 0 bridgehead atoms. The topological polar surface area (TPSA) is 78.4 Å². The smallest absolute Gasteiger partial charge is 0.407 e. The Morgan fingerprint density at radius 2 is 1.78 bits per heavy atom. The standard InChI is InChI=1S/C23H47N5O3.HI/c1-10-24-20(25-17-23(27(7)8)12-15-30-16-13-23)28(9)14-11-19(18(2)3)26-21(29)31-22(4,5)6;/h18-19H,10-17H2,1-9H3,(H,24,25)(H,26,29);1H. The number of guanidine groups is 1. The zero-order valence-electron chi connectivity index (χ0n) is 21.8. The molecule has 32 heavy (non-hydrogen) atoms. The summed E-state index contributed by atoms with van der Waals surface area (Å²) < 4.78 is 11.0. The maximum Gasteiger partial charge on any atom is 0.407 e. The van der Waals surface area contributed by atoms with Crippen molar-refractivity contribution >= 4 is 36.0 Å². The Balaban J connectivity index is 0.00000961. The van der Waals surface area contributed by atoms with E-state index in [9.17, 15) is 4.79 Å². The van der Waals surface area contributed by atoms with Crippen molar-refractivity contribution in [3.05, 3.63) is 0 Å². The largest absolute Gasteiger partial charge is 0.444 e. The molecule has 190 valence electrons. The third-order valence-electron chi connectivity index (χ3n) is 5.87. The highest BCUT2D eigenvalue weighted by atomic mass is 127. The average molecular weight is 570 g/mol. The van der Waals surface area contributed by atoms with E-state index in [1.807, 2.05) is 20.8 Å². The number of carbonyl (C=O) groups excluding carboxylic acids is 1. The Morgan fingerprint density at radius 3 is 2.25 bits per heavy atom. The van der Waals surface area contributed by atoms with E-state index in [1.165, 1.54) is 0 Å². The molecule has 2 N–H and O–H groups in total. The molecule has 1 saturated heterocycles. The van der Waals surface area contributed by atoms with Crippen LogP contribution < -0.4 is 10.6 Å². The minimum Gasteiger partial charge on any atom is -0.444 e. The fraction of sp³-hybridized carbons (Fsp3) is 0.913. The van der Waals surface area contributed by atoms with Crippen LogP contribution in [0.5, 0.6) is 0 Å². The highest BCUT2D eigenvalue weighted by Gasteiger charge is 2.35. The van der Waals surface area contributed by atoms with Gasteiger partial charge in [0.1, 0.15) is 5.60 Å². The second kappa shape index (κ2) is 14.5. The summed E-state index contributed by atoms with van der Waals surface area (Å²) in [6, 6.07) is 0.0313. The van der Waals surface area contributed by atoms with E-state index in [0.717, 1.165) is 58.1 Å². The molecular weight excluding hydrogens is 521 g/mol. The van der Waals surface area contributed by atoms with Crippen molar-refractivity contribution in [3.8, 4) is 0 Å². The summed E-state index contributed by atoms with van der Waals surface area (Å²) in [4.78, 5) is 21.7. The first-order chi connectivity index (χ1) is 14.4. The van der Waals surface area contributed by atoms with Crippen LogP contribution in [-0.4, -0.2) is 93.0 Å². The third-order valence-corrected chi connectivity index (χ3v) is 5.87. The summed E-state index contributed by atoms with van der Waals surface area (Å²) >= 11 is 0. The van der Waals surface area contributed by atoms with Gasteiger partial charge in [-0.05, 0) is 67.0 Å². The molecule has 1 amide bonds. The van der Waals surface area contributed by atoms with E-state index in [0.29, 0.717) is 5.92 Å². The molecule has 1 aliphatic rings. The van der Waals surface area contributed by atoms with Gasteiger partial charge >= 0.3 is 6.09 Å². The van der Waals surface area contributed by atoms with Crippen LogP contribution in [0.1, 0.15) is 60.8 Å². The maximum atomic E-state index is 12.2. The quantitative estimate of drug-likeness (QED) is 0.251. The molecule has 0 radical (unpaired) electrons. The third kappa shape index (κ3) is 10.9. The number of nitrogens with zero attached hydrogens (tertiary/aromatic N) is 3. The molecule has 1 fully saturated rings. The van der Waals surface area contributed by atoms with E-state index in [1.54, 1.807) is 0 Å². The number of likely N-dealkylation sites (N-methyl/N-ethyl adjacent to an activating group) is 1.